The van der Waals surface area contributed by atoms with E-state index < -0.39 is 24.1 Å². The number of nitrogens with zero attached hydrogens (tertiary/aromatic N) is 2. The van der Waals surface area contributed by atoms with Gasteiger partial charge in [0.2, 0.25) is 0 Å². The zero-order valence-corrected chi connectivity index (χ0v) is 25.7. The largest absolute Gasteiger partial charge is 0.470 e. The smallest absolute Gasteiger partial charge is 0.198 e. The first-order chi connectivity index (χ1) is 20.6. The van der Waals surface area contributed by atoms with Gasteiger partial charge >= 0.3 is 0 Å². The summed E-state index contributed by atoms with van der Waals surface area (Å²) >= 11 is 1.85. The Kier molecular flexibility index (Phi) is 8.96. The summed E-state index contributed by atoms with van der Waals surface area (Å²) in [6.07, 6.45) is 0.659. The minimum atomic E-state index is -0.666. The maximum absolute atomic E-state index is 15.7. The van der Waals surface area contributed by atoms with Crippen LogP contribution >= 0.6 is 23.0 Å². The van der Waals surface area contributed by atoms with Gasteiger partial charge in [0.15, 0.2) is 40.8 Å². The second-order valence-corrected chi connectivity index (χ2v) is 10.8. The van der Waals surface area contributed by atoms with E-state index in [0.717, 1.165) is 36.1 Å². The predicted molar refractivity (Wildman–Crippen MR) is 165 cm³/mol. The van der Waals surface area contributed by atoms with E-state index in [9.17, 15) is 5.11 Å². The average molecular weight is 689 g/mol. The number of aliphatic hydroxyl groups is 1. The Bertz CT molecular complexity index is 1510. The van der Waals surface area contributed by atoms with Crippen molar-refractivity contribution in [3.05, 3.63) is 66.5 Å². The number of hydrogen-bond acceptors (Lipinski definition) is 7. The quantitative estimate of drug-likeness (QED) is 0.222. The van der Waals surface area contributed by atoms with Crippen LogP contribution in [0, 0.1) is 5.82 Å². The summed E-state index contributed by atoms with van der Waals surface area (Å²) < 4.78 is 46.8. The van der Waals surface area contributed by atoms with Crippen molar-refractivity contribution < 1.29 is 31.5 Å². The molecule has 3 aliphatic heterocycles. The van der Waals surface area contributed by atoms with Gasteiger partial charge in [0.05, 0.1) is 24.2 Å². The second-order valence-electron chi connectivity index (χ2n) is 10.4. The highest BCUT2D eigenvalue weighted by Crippen LogP contribution is 2.38. The minimum absolute atomic E-state index is 0.219. The first kappa shape index (κ1) is 29.3. The van der Waals surface area contributed by atoms with Crippen molar-refractivity contribution in [1.29, 1.82) is 0 Å². The molecule has 0 bridgehead atoms. The Labute approximate surface area is 258 Å². The molecule has 5 heterocycles. The molecule has 5 atom stereocenters. The van der Waals surface area contributed by atoms with Crippen molar-refractivity contribution in [3.8, 4) is 34.0 Å². The van der Waals surface area contributed by atoms with Crippen LogP contribution in [0.15, 0.2) is 60.7 Å². The third-order valence-corrected chi connectivity index (χ3v) is 8.38. The predicted octanol–water partition coefficient (Wildman–Crippen LogP) is 6.87. The van der Waals surface area contributed by atoms with Gasteiger partial charge in [0.1, 0.15) is 36.0 Å². The van der Waals surface area contributed by atoms with Crippen molar-refractivity contribution >= 4 is 34.0 Å². The van der Waals surface area contributed by atoms with Crippen molar-refractivity contribution in [2.24, 2.45) is 0 Å². The van der Waals surface area contributed by atoms with Gasteiger partial charge in [-0.1, -0.05) is 50.2 Å². The molecule has 42 heavy (non-hydrogen) atoms. The second kappa shape index (κ2) is 12.8. The molecular formula is C32H34FIN2O6. The molecule has 0 amide bonds. The van der Waals surface area contributed by atoms with Crippen LogP contribution < -0.4 is 7.80 Å². The van der Waals surface area contributed by atoms with Crippen molar-refractivity contribution in [2.75, 3.05) is 19.8 Å². The molecule has 2 aromatic carbocycles. The number of ether oxygens (including phenoxy) is 4. The summed E-state index contributed by atoms with van der Waals surface area (Å²) in [5.74, 6) is 0.888. The van der Waals surface area contributed by atoms with E-state index in [2.05, 4.69) is 0 Å². The van der Waals surface area contributed by atoms with Gasteiger partial charge in [-0.2, -0.15) is 0 Å². The van der Waals surface area contributed by atoms with Crippen LogP contribution in [0.1, 0.15) is 39.3 Å². The summed E-state index contributed by atoms with van der Waals surface area (Å²) in [6, 6.07) is 18.8. The zero-order valence-electron chi connectivity index (χ0n) is 23.5. The topological polar surface area (TPSA) is 84.2 Å². The zero-order chi connectivity index (χ0) is 29.2. The molecular weight excluding hydrogens is 654 g/mol. The summed E-state index contributed by atoms with van der Waals surface area (Å²) in [6.45, 7) is 5.15. The fourth-order valence-corrected chi connectivity index (χ4v) is 6.13. The summed E-state index contributed by atoms with van der Waals surface area (Å²) in [4.78, 5) is 4.75. The SMILES string of the molecule is CC.O[C@@H]1CO[C@H]2C1OC[C@H]2Oc1cc2nc(-c3ccc(-c4ccc(OI)cc4)cc3)c(F)cc2n1C1CCCCO1. The van der Waals surface area contributed by atoms with Crippen LogP contribution in [0.25, 0.3) is 33.4 Å². The first-order valence-electron chi connectivity index (χ1n) is 14.5. The Morgan fingerprint density at radius 3 is 2.29 bits per heavy atom. The molecule has 7 rings (SSSR count). The molecule has 0 radical (unpaired) electrons. The average Bonchev–Trinajstić information content (AvgIpc) is 3.73. The Morgan fingerprint density at radius 1 is 0.905 bits per heavy atom. The lowest BCUT2D eigenvalue weighted by atomic mass is 10.0. The number of fused-ring (bicyclic) bond motifs is 2. The molecule has 222 valence electrons. The van der Waals surface area contributed by atoms with E-state index in [1.165, 1.54) is 6.07 Å². The molecule has 1 N–H and O–H groups in total. The fourth-order valence-electron chi connectivity index (χ4n) is 5.83. The summed E-state index contributed by atoms with van der Waals surface area (Å²) in [5, 5.41) is 10.1. The molecule has 4 aromatic rings. The summed E-state index contributed by atoms with van der Waals surface area (Å²) in [7, 11) is 0. The summed E-state index contributed by atoms with van der Waals surface area (Å²) in [5.41, 5.74) is 4.23. The van der Waals surface area contributed by atoms with Crippen LogP contribution in [0.5, 0.6) is 11.6 Å². The van der Waals surface area contributed by atoms with Gasteiger partial charge < -0.3 is 27.1 Å². The van der Waals surface area contributed by atoms with Gasteiger partial charge in [-0.05, 0) is 42.5 Å². The molecule has 0 spiro atoms. The van der Waals surface area contributed by atoms with Crippen LogP contribution in [0.3, 0.4) is 0 Å². The Balaban J connectivity index is 0.00000155. The number of rotatable bonds is 6. The third-order valence-electron chi connectivity index (χ3n) is 7.87. The van der Waals surface area contributed by atoms with Gasteiger partial charge in [-0.15, -0.1) is 0 Å². The molecule has 2 aromatic heterocycles. The highest BCUT2D eigenvalue weighted by Gasteiger charge is 2.48. The van der Waals surface area contributed by atoms with E-state index in [1.807, 2.05) is 96.0 Å². The lowest BCUT2D eigenvalue weighted by molar-refractivity contribution is -0.0392. The standard InChI is InChI=1S/C30H28FIN2O6.C2H6/c31-21-13-23-22(33-28(21)19-6-4-17(5-7-19)18-8-10-20(40-32)11-9-18)14-27(34(23)26-3-1-2-12-36-26)39-25-16-38-29-24(35)15-37-30(25)29;1-2/h4-11,13-14,24-26,29-30,35H,1-3,12,15-16H2;1-2H3/t24-,25-,26?,29?,30-;/m1./s1. The lowest BCUT2D eigenvalue weighted by Crippen LogP contribution is -2.35. The van der Waals surface area contributed by atoms with E-state index >= 15 is 4.39 Å². The monoisotopic (exact) mass is 688 g/mol. The minimum Gasteiger partial charge on any atom is -0.470 e. The van der Waals surface area contributed by atoms with Gasteiger partial charge in [-0.25, -0.2) is 9.37 Å². The Morgan fingerprint density at radius 2 is 1.60 bits per heavy atom. The molecule has 10 heteroatoms. The molecule has 0 saturated carbocycles. The Hall–Kier alpha value is -2.77. The third kappa shape index (κ3) is 5.62. The fraction of sp³-hybridized carbons (Fsp3) is 0.406. The lowest BCUT2D eigenvalue weighted by Gasteiger charge is -2.27. The number of hydrogen-bond donors (Lipinski definition) is 1. The van der Waals surface area contributed by atoms with Gasteiger partial charge in [-0.3, -0.25) is 4.57 Å². The van der Waals surface area contributed by atoms with Crippen LogP contribution in [-0.2, 0) is 14.2 Å². The number of aliphatic hydroxyl groups excluding tert-OH is 1. The van der Waals surface area contributed by atoms with E-state index in [4.69, 9.17) is 27.0 Å². The van der Waals surface area contributed by atoms with Gasteiger partial charge in [0.25, 0.3) is 0 Å². The molecule has 3 fully saturated rings. The maximum atomic E-state index is 15.7. The maximum Gasteiger partial charge on any atom is 0.198 e. The van der Waals surface area contributed by atoms with Crippen LogP contribution in [0.2, 0.25) is 0 Å². The molecule has 8 nitrogen and oxygen atoms in total. The van der Waals surface area contributed by atoms with Crippen LogP contribution in [-0.4, -0.2) is 58.9 Å². The number of halogens is 2. The molecule has 2 unspecified atom stereocenters. The van der Waals surface area contributed by atoms with Crippen molar-refractivity contribution in [3.63, 3.8) is 0 Å². The number of pyridine rings is 1. The molecule has 3 saturated heterocycles. The van der Waals surface area contributed by atoms with E-state index in [1.54, 1.807) is 0 Å². The molecule has 0 aliphatic carbocycles. The van der Waals surface area contributed by atoms with Crippen molar-refractivity contribution in [2.45, 2.75) is 63.8 Å². The molecule has 3 aliphatic rings. The highest BCUT2D eigenvalue weighted by molar-refractivity contribution is 14.1. The van der Waals surface area contributed by atoms with Crippen molar-refractivity contribution in [1.82, 2.24) is 9.55 Å². The normalized spacial score (nSPS) is 25.1. The first-order valence-corrected chi connectivity index (χ1v) is 15.4. The highest BCUT2D eigenvalue weighted by atomic mass is 127. The van der Waals surface area contributed by atoms with E-state index in [0.29, 0.717) is 35.7 Å². The van der Waals surface area contributed by atoms with E-state index in [-0.39, 0.29) is 24.6 Å². The number of aromatic nitrogens is 2. The number of benzene rings is 2. The van der Waals surface area contributed by atoms with Crippen LogP contribution in [0.4, 0.5) is 4.39 Å². The van der Waals surface area contributed by atoms with Gasteiger partial charge in [0, 0.05) is 24.3 Å².